The number of hydrogen-bond acceptors (Lipinski definition) is 5. The maximum atomic E-state index is 11.9. The summed E-state index contributed by atoms with van der Waals surface area (Å²) in [7, 11) is 1.56. The van der Waals surface area contributed by atoms with E-state index in [2.05, 4.69) is 9.63 Å². The lowest BCUT2D eigenvalue weighted by Crippen LogP contribution is -2.27. The number of likely N-dealkylation sites (tertiary alicyclic amines) is 1. The van der Waals surface area contributed by atoms with Crippen LogP contribution < -0.4 is 4.74 Å². The Hall–Kier alpha value is -1.80. The van der Waals surface area contributed by atoms with Crippen molar-refractivity contribution in [1.29, 1.82) is 0 Å². The van der Waals surface area contributed by atoms with Crippen LogP contribution in [0.25, 0.3) is 0 Å². The second-order valence-electron chi connectivity index (χ2n) is 4.29. The average molecular weight is 297 g/mol. The first-order valence-corrected chi connectivity index (χ1v) is 7.15. The number of benzene rings is 1. The van der Waals surface area contributed by atoms with Crippen LogP contribution in [0.3, 0.4) is 0 Å². The van der Waals surface area contributed by atoms with E-state index >= 15 is 0 Å². The second kappa shape index (κ2) is 6.58. The Morgan fingerprint density at radius 2 is 2.20 bits per heavy atom. The van der Waals surface area contributed by atoms with Gasteiger partial charge in [0.25, 0.3) is 0 Å². The number of nitrogens with zero attached hydrogens (tertiary/aromatic N) is 3. The summed E-state index contributed by atoms with van der Waals surface area (Å²) in [5.41, 5.74) is 0. The third-order valence-corrected chi connectivity index (χ3v) is 3.90. The van der Waals surface area contributed by atoms with E-state index in [0.29, 0.717) is 30.2 Å². The van der Waals surface area contributed by atoms with Gasteiger partial charge in [-0.1, -0.05) is 0 Å². The van der Waals surface area contributed by atoms with Crippen molar-refractivity contribution in [1.82, 2.24) is 4.90 Å². The smallest absolute Gasteiger partial charge is 0.407 e. The van der Waals surface area contributed by atoms with Crippen molar-refractivity contribution in [2.45, 2.75) is 17.4 Å². The average Bonchev–Trinajstić information content (AvgIpc) is 2.94. The van der Waals surface area contributed by atoms with Gasteiger partial charge in [-0.25, -0.2) is 4.79 Å². The van der Waals surface area contributed by atoms with Gasteiger partial charge < -0.3 is 19.3 Å². The van der Waals surface area contributed by atoms with Crippen molar-refractivity contribution in [3.63, 3.8) is 0 Å². The third-order valence-electron chi connectivity index (χ3n) is 2.98. The molecule has 0 aliphatic carbocycles. The molecule has 0 radical (unpaired) electrons. The van der Waals surface area contributed by atoms with Crippen LogP contribution in [0.15, 0.2) is 38.8 Å². The zero-order valence-electron chi connectivity index (χ0n) is 10.9. The van der Waals surface area contributed by atoms with E-state index in [-0.39, 0.29) is 6.04 Å². The molecular formula is C12H15N3O4S. The minimum atomic E-state index is -1.57. The van der Waals surface area contributed by atoms with Crippen molar-refractivity contribution in [2.24, 2.45) is 9.63 Å². The monoisotopic (exact) mass is 297 g/mol. The summed E-state index contributed by atoms with van der Waals surface area (Å²) >= 11 is -1.57. The highest BCUT2D eigenvalue weighted by molar-refractivity contribution is 7.90. The Bertz CT molecular complexity index is 494. The molecule has 1 saturated heterocycles. The minimum Gasteiger partial charge on any atom is -0.585 e. The van der Waals surface area contributed by atoms with Gasteiger partial charge in [-0.05, 0) is 30.7 Å². The molecule has 7 nitrogen and oxygen atoms in total. The molecule has 2 rings (SSSR count). The van der Waals surface area contributed by atoms with Crippen molar-refractivity contribution in [3.8, 4) is 5.75 Å². The summed E-state index contributed by atoms with van der Waals surface area (Å²) in [6.45, 7) is 0.743. The molecule has 1 amide bonds. The summed E-state index contributed by atoms with van der Waals surface area (Å²) in [4.78, 5) is 12.6. The van der Waals surface area contributed by atoms with E-state index in [1.807, 2.05) is 0 Å². The molecule has 0 saturated carbocycles. The Morgan fingerprint density at radius 1 is 1.50 bits per heavy atom. The van der Waals surface area contributed by atoms with Crippen molar-refractivity contribution < 1.29 is 19.2 Å². The van der Waals surface area contributed by atoms with Gasteiger partial charge in [-0.3, -0.25) is 0 Å². The number of hydrogen-bond donors (Lipinski definition) is 1. The molecule has 1 heterocycles. The van der Waals surface area contributed by atoms with Gasteiger partial charge in [-0.2, -0.15) is 0 Å². The van der Waals surface area contributed by atoms with Crippen LogP contribution in [0.1, 0.15) is 6.42 Å². The van der Waals surface area contributed by atoms with Crippen LogP contribution in [0, 0.1) is 0 Å². The molecule has 1 aromatic carbocycles. The number of carboxylic acid groups (broad SMARTS) is 1. The number of amides is 1. The van der Waals surface area contributed by atoms with Gasteiger partial charge in [0.2, 0.25) is 0 Å². The first kappa shape index (κ1) is 14.6. The molecule has 1 aromatic rings. The topological polar surface area (TPSA) is 97.5 Å². The molecule has 0 aromatic heterocycles. The quantitative estimate of drug-likeness (QED) is 0.678. The molecule has 1 fully saturated rings. The highest BCUT2D eigenvalue weighted by Gasteiger charge is 2.26. The van der Waals surface area contributed by atoms with Gasteiger partial charge in [0, 0.05) is 17.6 Å². The number of methoxy groups -OCH3 is 1. The largest absolute Gasteiger partial charge is 0.585 e. The van der Waals surface area contributed by atoms with E-state index in [4.69, 9.17) is 9.84 Å². The molecule has 20 heavy (non-hydrogen) atoms. The highest BCUT2D eigenvalue weighted by atomic mass is 32.2. The molecule has 1 N–H and O–H groups in total. The first-order chi connectivity index (χ1) is 9.60. The van der Waals surface area contributed by atoms with E-state index in [0.717, 1.165) is 0 Å². The number of rotatable bonds is 4. The maximum Gasteiger partial charge on any atom is 0.407 e. The molecule has 2 unspecified atom stereocenters. The SMILES string of the molecule is COc1ccc([S+]([O-])/N=N/C2CCN(C(=O)O)C2)cc1. The minimum absolute atomic E-state index is 0.215. The summed E-state index contributed by atoms with van der Waals surface area (Å²) in [6, 6.07) is 6.50. The zero-order valence-corrected chi connectivity index (χ0v) is 11.7. The van der Waals surface area contributed by atoms with E-state index in [9.17, 15) is 9.35 Å². The molecule has 108 valence electrons. The number of ether oxygens (including phenoxy) is 1. The molecule has 0 bridgehead atoms. The standard InChI is InChI=1S/C12H15N3O4S/c1-19-10-2-4-11(5-3-10)20(18)14-13-9-6-7-15(8-9)12(16)17/h2-5,9H,6-8H2,1H3,(H,16,17)/b14-13+. The lowest BCUT2D eigenvalue weighted by molar-refractivity contribution is 0.155. The van der Waals surface area contributed by atoms with Crippen LogP contribution in [0.5, 0.6) is 5.75 Å². The predicted molar refractivity (Wildman–Crippen MR) is 72.3 cm³/mol. The fraction of sp³-hybridized carbons (Fsp3) is 0.417. The summed E-state index contributed by atoms with van der Waals surface area (Å²) in [5, 5.41) is 12.8. The molecule has 2 atom stereocenters. The van der Waals surface area contributed by atoms with E-state index in [1.165, 1.54) is 4.90 Å². The fourth-order valence-electron chi connectivity index (χ4n) is 1.86. The van der Waals surface area contributed by atoms with Gasteiger partial charge in [0.1, 0.15) is 5.75 Å². The molecule has 1 aliphatic rings. The molecule has 0 spiro atoms. The third kappa shape index (κ3) is 3.61. The Morgan fingerprint density at radius 3 is 2.75 bits per heavy atom. The van der Waals surface area contributed by atoms with E-state index in [1.54, 1.807) is 31.4 Å². The van der Waals surface area contributed by atoms with Crippen LogP contribution in [-0.4, -0.2) is 46.9 Å². The van der Waals surface area contributed by atoms with Gasteiger partial charge in [-0.15, -0.1) is 5.11 Å². The Labute approximate surface area is 119 Å². The van der Waals surface area contributed by atoms with Gasteiger partial charge >= 0.3 is 6.09 Å². The van der Waals surface area contributed by atoms with Crippen LogP contribution in [0.4, 0.5) is 4.79 Å². The Balaban J connectivity index is 1.92. The first-order valence-electron chi connectivity index (χ1n) is 6.05. The zero-order chi connectivity index (χ0) is 14.5. The normalized spacial score (nSPS) is 20.3. The van der Waals surface area contributed by atoms with Crippen LogP contribution in [0.2, 0.25) is 0 Å². The maximum absolute atomic E-state index is 11.9. The predicted octanol–water partition coefficient (Wildman–Crippen LogP) is 1.92. The van der Waals surface area contributed by atoms with Crippen molar-refractivity contribution in [3.05, 3.63) is 24.3 Å². The van der Waals surface area contributed by atoms with Gasteiger partial charge in [0.05, 0.1) is 13.2 Å². The fourth-order valence-corrected chi connectivity index (χ4v) is 2.54. The summed E-state index contributed by atoms with van der Waals surface area (Å²) < 4.78 is 20.7. The summed E-state index contributed by atoms with van der Waals surface area (Å²) in [6.07, 6.45) is -0.353. The molecule has 1 aliphatic heterocycles. The van der Waals surface area contributed by atoms with Crippen molar-refractivity contribution >= 4 is 17.5 Å². The highest BCUT2D eigenvalue weighted by Crippen LogP contribution is 2.19. The lowest BCUT2D eigenvalue weighted by Gasteiger charge is -2.09. The lowest BCUT2D eigenvalue weighted by atomic mass is 10.3. The molecule has 8 heteroatoms. The van der Waals surface area contributed by atoms with Gasteiger partial charge in [0.15, 0.2) is 16.3 Å². The molecular weight excluding hydrogens is 282 g/mol. The summed E-state index contributed by atoms with van der Waals surface area (Å²) in [5.74, 6) is 0.676. The van der Waals surface area contributed by atoms with E-state index < -0.39 is 17.5 Å². The second-order valence-corrected chi connectivity index (χ2v) is 5.43. The van der Waals surface area contributed by atoms with Crippen LogP contribution >= 0.6 is 0 Å². The Kier molecular flexibility index (Phi) is 4.80. The van der Waals surface area contributed by atoms with Crippen LogP contribution in [-0.2, 0) is 11.4 Å². The van der Waals surface area contributed by atoms with Crippen molar-refractivity contribution in [2.75, 3.05) is 20.2 Å². The number of carbonyl (C=O) groups is 1.